The third-order valence-electron chi connectivity index (χ3n) is 2.70. The molecule has 1 heterocycles. The van der Waals surface area contributed by atoms with Crippen LogP contribution in [-0.2, 0) is 9.53 Å². The van der Waals surface area contributed by atoms with Crippen molar-refractivity contribution in [1.29, 1.82) is 0 Å². The second-order valence-corrected chi connectivity index (χ2v) is 5.16. The van der Waals surface area contributed by atoms with E-state index in [0.717, 1.165) is 4.47 Å². The fourth-order valence-corrected chi connectivity index (χ4v) is 2.02. The number of nitrogens with one attached hydrogen (secondary N) is 1. The summed E-state index contributed by atoms with van der Waals surface area (Å²) in [6.07, 6.45) is 1.59. The lowest BCUT2D eigenvalue weighted by atomic mass is 10.1. The Kier molecular flexibility index (Phi) is 5.27. The van der Waals surface area contributed by atoms with E-state index >= 15 is 0 Å². The van der Waals surface area contributed by atoms with E-state index in [2.05, 4.69) is 26.2 Å². The van der Waals surface area contributed by atoms with E-state index in [1.54, 1.807) is 37.4 Å². The molecule has 1 N–H and O–H groups in total. The third-order valence-corrected chi connectivity index (χ3v) is 3.17. The van der Waals surface area contributed by atoms with E-state index in [9.17, 15) is 9.18 Å². The molecule has 0 radical (unpaired) electrons. The summed E-state index contributed by atoms with van der Waals surface area (Å²) < 4.78 is 19.1. The fraction of sp³-hybridized carbons (Fsp3) is 0.200. The largest absolute Gasteiger partial charge is 0.464 e. The van der Waals surface area contributed by atoms with Gasteiger partial charge in [-0.3, -0.25) is 4.98 Å². The lowest BCUT2D eigenvalue weighted by Gasteiger charge is -2.18. The van der Waals surface area contributed by atoms with Crippen LogP contribution in [0.15, 0.2) is 47.1 Å². The molecule has 0 aliphatic heterocycles. The molecule has 0 aliphatic rings. The van der Waals surface area contributed by atoms with Gasteiger partial charge in [0, 0.05) is 16.4 Å². The monoisotopic (exact) mass is 352 g/mol. The van der Waals surface area contributed by atoms with Crippen molar-refractivity contribution in [3.8, 4) is 0 Å². The maximum atomic E-state index is 13.2. The summed E-state index contributed by atoms with van der Waals surface area (Å²) >= 11 is 3.29. The van der Waals surface area contributed by atoms with Gasteiger partial charge in [0.2, 0.25) is 0 Å². The first-order chi connectivity index (χ1) is 10.1. The van der Waals surface area contributed by atoms with Gasteiger partial charge >= 0.3 is 5.97 Å². The molecule has 0 bridgehead atoms. The highest BCUT2D eigenvalue weighted by Gasteiger charge is 2.23. The number of carbonyl (C=O) groups is 1. The van der Waals surface area contributed by atoms with Crippen molar-refractivity contribution in [1.82, 2.24) is 4.98 Å². The minimum atomic E-state index is -0.792. The number of anilines is 1. The second-order valence-electron chi connectivity index (χ2n) is 4.24. The van der Waals surface area contributed by atoms with Gasteiger partial charge in [-0.25, -0.2) is 9.18 Å². The molecule has 2 aromatic rings. The van der Waals surface area contributed by atoms with E-state index < -0.39 is 12.0 Å². The van der Waals surface area contributed by atoms with Gasteiger partial charge in [0.05, 0.1) is 12.3 Å². The molecule has 6 heteroatoms. The minimum absolute atomic E-state index is 0.261. The number of esters is 1. The van der Waals surface area contributed by atoms with Crippen LogP contribution in [0.1, 0.15) is 18.7 Å². The highest BCUT2D eigenvalue weighted by atomic mass is 79.9. The molecule has 1 unspecified atom stereocenters. The first-order valence-electron chi connectivity index (χ1n) is 6.40. The van der Waals surface area contributed by atoms with Crippen molar-refractivity contribution in [2.75, 3.05) is 11.9 Å². The van der Waals surface area contributed by atoms with Crippen LogP contribution in [0.2, 0.25) is 0 Å². The molecule has 0 amide bonds. The molecule has 110 valence electrons. The molecule has 2 rings (SSSR count). The van der Waals surface area contributed by atoms with E-state index in [4.69, 9.17) is 4.74 Å². The average molecular weight is 353 g/mol. The zero-order valence-electron chi connectivity index (χ0n) is 11.3. The van der Waals surface area contributed by atoms with Crippen molar-refractivity contribution in [2.45, 2.75) is 13.0 Å². The molecule has 0 saturated heterocycles. The van der Waals surface area contributed by atoms with Gasteiger partial charge in [-0.1, -0.05) is 6.07 Å². The van der Waals surface area contributed by atoms with E-state index in [-0.39, 0.29) is 12.4 Å². The highest BCUT2D eigenvalue weighted by Crippen LogP contribution is 2.21. The summed E-state index contributed by atoms with van der Waals surface area (Å²) in [6.45, 7) is 1.99. The molecule has 0 spiro atoms. The summed E-state index contributed by atoms with van der Waals surface area (Å²) in [5.74, 6) is -0.844. The van der Waals surface area contributed by atoms with Crippen molar-refractivity contribution < 1.29 is 13.9 Å². The molecule has 21 heavy (non-hydrogen) atoms. The first kappa shape index (κ1) is 15.4. The third kappa shape index (κ3) is 4.26. The number of carbonyl (C=O) groups excluding carboxylic acids is 1. The lowest BCUT2D eigenvalue weighted by Crippen LogP contribution is -2.24. The van der Waals surface area contributed by atoms with Crippen LogP contribution in [-0.4, -0.2) is 17.6 Å². The SMILES string of the molecule is CCOC(=O)C(Nc1cccc(F)c1)c1ccc(Br)cn1. The van der Waals surface area contributed by atoms with Crippen LogP contribution < -0.4 is 5.32 Å². The van der Waals surface area contributed by atoms with Crippen LogP contribution in [0, 0.1) is 5.82 Å². The smallest absolute Gasteiger partial charge is 0.334 e. The van der Waals surface area contributed by atoms with Crippen molar-refractivity contribution >= 4 is 27.6 Å². The van der Waals surface area contributed by atoms with Crippen LogP contribution in [0.3, 0.4) is 0 Å². The number of pyridine rings is 1. The summed E-state index contributed by atoms with van der Waals surface area (Å²) in [5.41, 5.74) is 0.985. The Morgan fingerprint density at radius 3 is 2.86 bits per heavy atom. The van der Waals surface area contributed by atoms with Gasteiger partial charge in [0.1, 0.15) is 5.82 Å². The van der Waals surface area contributed by atoms with Crippen LogP contribution >= 0.6 is 15.9 Å². The summed E-state index contributed by atoms with van der Waals surface area (Å²) in [5, 5.41) is 2.95. The van der Waals surface area contributed by atoms with Crippen molar-refractivity contribution in [3.63, 3.8) is 0 Å². The molecule has 0 saturated carbocycles. The minimum Gasteiger partial charge on any atom is -0.464 e. The van der Waals surface area contributed by atoms with Crippen LogP contribution in [0.4, 0.5) is 10.1 Å². The Labute approximate surface area is 130 Å². The predicted molar refractivity (Wildman–Crippen MR) is 81.3 cm³/mol. The number of hydrogen-bond donors (Lipinski definition) is 1. The fourth-order valence-electron chi connectivity index (χ4n) is 1.78. The average Bonchev–Trinajstić information content (AvgIpc) is 2.46. The topological polar surface area (TPSA) is 51.2 Å². The van der Waals surface area contributed by atoms with Crippen molar-refractivity contribution in [2.24, 2.45) is 0 Å². The normalized spacial score (nSPS) is 11.8. The molecule has 4 nitrogen and oxygen atoms in total. The Balaban J connectivity index is 2.27. The number of benzene rings is 1. The summed E-state index contributed by atoms with van der Waals surface area (Å²) in [6, 6.07) is 8.58. The lowest BCUT2D eigenvalue weighted by molar-refractivity contribution is -0.144. The number of halogens is 2. The molecule has 0 fully saturated rings. The van der Waals surface area contributed by atoms with Gasteiger partial charge in [-0.05, 0) is 53.2 Å². The maximum Gasteiger partial charge on any atom is 0.334 e. The highest BCUT2D eigenvalue weighted by molar-refractivity contribution is 9.10. The van der Waals surface area contributed by atoms with Gasteiger partial charge in [-0.15, -0.1) is 0 Å². The van der Waals surface area contributed by atoms with E-state index in [1.807, 2.05) is 0 Å². The summed E-state index contributed by atoms with van der Waals surface area (Å²) in [4.78, 5) is 16.3. The Hall–Kier alpha value is -1.95. The Morgan fingerprint density at radius 2 is 2.24 bits per heavy atom. The second kappa shape index (κ2) is 7.17. The van der Waals surface area contributed by atoms with Crippen LogP contribution in [0.5, 0.6) is 0 Å². The van der Waals surface area contributed by atoms with E-state index in [0.29, 0.717) is 11.4 Å². The molecular weight excluding hydrogens is 339 g/mol. The van der Waals surface area contributed by atoms with Gasteiger partial charge in [0.15, 0.2) is 6.04 Å². The number of aromatic nitrogens is 1. The maximum absolute atomic E-state index is 13.2. The van der Waals surface area contributed by atoms with Crippen LogP contribution in [0.25, 0.3) is 0 Å². The molecule has 1 aromatic carbocycles. The van der Waals surface area contributed by atoms with Gasteiger partial charge < -0.3 is 10.1 Å². The first-order valence-corrected chi connectivity index (χ1v) is 7.19. The van der Waals surface area contributed by atoms with Crippen molar-refractivity contribution in [3.05, 3.63) is 58.6 Å². The van der Waals surface area contributed by atoms with E-state index in [1.165, 1.54) is 12.1 Å². The standard InChI is InChI=1S/C15H14BrFN2O2/c1-2-21-15(20)14(13-7-6-10(16)9-18-13)19-12-5-3-4-11(17)8-12/h3-9,14,19H,2H2,1H3. The predicted octanol–water partition coefficient (Wildman–Crippen LogP) is 3.70. The molecule has 1 atom stereocenters. The van der Waals surface area contributed by atoms with Gasteiger partial charge in [-0.2, -0.15) is 0 Å². The molecule has 0 aliphatic carbocycles. The number of ether oxygens (including phenoxy) is 1. The molecular formula is C15H14BrFN2O2. The Morgan fingerprint density at radius 1 is 1.43 bits per heavy atom. The number of nitrogens with zero attached hydrogens (tertiary/aromatic N) is 1. The molecule has 1 aromatic heterocycles. The van der Waals surface area contributed by atoms with Gasteiger partial charge in [0.25, 0.3) is 0 Å². The Bertz CT molecular complexity index is 619. The number of hydrogen-bond acceptors (Lipinski definition) is 4. The summed E-state index contributed by atoms with van der Waals surface area (Å²) in [7, 11) is 0. The number of rotatable bonds is 5. The quantitative estimate of drug-likeness (QED) is 0.833. The zero-order chi connectivity index (χ0) is 15.2. The zero-order valence-corrected chi connectivity index (χ0v) is 12.9.